The zero-order valence-corrected chi connectivity index (χ0v) is 14.8. The number of hydrogen-bond donors (Lipinski definition) is 1. The minimum Gasteiger partial charge on any atom is -0.351 e. The van der Waals surface area contributed by atoms with E-state index < -0.39 is 0 Å². The second-order valence-electron chi connectivity index (χ2n) is 6.72. The summed E-state index contributed by atoms with van der Waals surface area (Å²) in [5.74, 6) is 0.164. The Labute approximate surface area is 151 Å². The van der Waals surface area contributed by atoms with Crippen molar-refractivity contribution in [2.45, 2.75) is 38.3 Å². The molecule has 4 rings (SSSR count). The highest BCUT2D eigenvalue weighted by atomic mass is 32.1. The van der Waals surface area contributed by atoms with E-state index in [9.17, 15) is 9.59 Å². The van der Waals surface area contributed by atoms with E-state index in [1.807, 2.05) is 40.7 Å². The van der Waals surface area contributed by atoms with Crippen molar-refractivity contribution in [1.82, 2.24) is 15.2 Å². The van der Waals surface area contributed by atoms with Crippen molar-refractivity contribution >= 4 is 23.2 Å². The van der Waals surface area contributed by atoms with Crippen LogP contribution in [0.4, 0.5) is 0 Å². The van der Waals surface area contributed by atoms with Crippen molar-refractivity contribution in [2.75, 3.05) is 6.54 Å². The van der Waals surface area contributed by atoms with Crippen LogP contribution >= 0.6 is 11.3 Å². The lowest BCUT2D eigenvalue weighted by atomic mass is 9.96. The first-order valence-electron chi connectivity index (χ1n) is 8.77. The van der Waals surface area contributed by atoms with Crippen LogP contribution in [0, 0.1) is 5.92 Å². The van der Waals surface area contributed by atoms with Gasteiger partial charge in [0, 0.05) is 24.6 Å². The highest BCUT2D eigenvalue weighted by molar-refractivity contribution is 7.10. The Morgan fingerprint density at radius 2 is 2.04 bits per heavy atom. The zero-order chi connectivity index (χ0) is 17.2. The van der Waals surface area contributed by atoms with Gasteiger partial charge in [0.05, 0.1) is 28.5 Å². The molecule has 2 aromatic rings. The molecule has 1 aromatic heterocycles. The Hall–Kier alpha value is -2.21. The molecule has 2 fully saturated rings. The van der Waals surface area contributed by atoms with Gasteiger partial charge in [0.1, 0.15) is 0 Å². The van der Waals surface area contributed by atoms with E-state index in [1.54, 1.807) is 11.3 Å². The van der Waals surface area contributed by atoms with E-state index in [0.717, 1.165) is 29.0 Å². The third-order valence-electron chi connectivity index (χ3n) is 4.91. The fourth-order valence-corrected chi connectivity index (χ4v) is 4.09. The molecule has 1 aromatic carbocycles. The van der Waals surface area contributed by atoms with Crippen LogP contribution in [0.3, 0.4) is 0 Å². The Balaban J connectivity index is 1.38. The average molecular weight is 355 g/mol. The van der Waals surface area contributed by atoms with E-state index in [-0.39, 0.29) is 17.7 Å². The Morgan fingerprint density at radius 3 is 2.80 bits per heavy atom. The molecule has 25 heavy (non-hydrogen) atoms. The zero-order valence-electron chi connectivity index (χ0n) is 14.0. The Bertz CT molecular complexity index is 770. The first-order valence-corrected chi connectivity index (χ1v) is 9.65. The summed E-state index contributed by atoms with van der Waals surface area (Å²) < 4.78 is 0. The molecule has 1 N–H and O–H groups in total. The first kappa shape index (κ1) is 16.3. The van der Waals surface area contributed by atoms with Crippen LogP contribution in [0.15, 0.2) is 35.8 Å². The molecule has 5 nitrogen and oxygen atoms in total. The van der Waals surface area contributed by atoms with Gasteiger partial charge in [0.2, 0.25) is 11.8 Å². The van der Waals surface area contributed by atoms with Crippen LogP contribution in [0.5, 0.6) is 0 Å². The van der Waals surface area contributed by atoms with Gasteiger partial charge < -0.3 is 10.2 Å². The van der Waals surface area contributed by atoms with Crippen LogP contribution in [0.25, 0.3) is 11.3 Å². The molecule has 0 radical (unpaired) electrons. The number of amides is 2. The van der Waals surface area contributed by atoms with Gasteiger partial charge in [-0.15, -0.1) is 11.3 Å². The molecule has 1 unspecified atom stereocenters. The number of carbonyl (C=O) groups excluding carboxylic acids is 2. The van der Waals surface area contributed by atoms with Gasteiger partial charge in [0.15, 0.2) is 0 Å². The van der Waals surface area contributed by atoms with Crippen molar-refractivity contribution < 1.29 is 9.59 Å². The van der Waals surface area contributed by atoms with Crippen molar-refractivity contribution in [2.24, 2.45) is 5.92 Å². The third kappa shape index (κ3) is 3.58. The number of rotatable bonds is 5. The van der Waals surface area contributed by atoms with Gasteiger partial charge in [-0.05, 0) is 19.3 Å². The normalized spacial score (nSPS) is 20.6. The van der Waals surface area contributed by atoms with Crippen LogP contribution in [-0.2, 0) is 16.1 Å². The molecule has 1 aliphatic heterocycles. The minimum atomic E-state index is -0.0913. The number of nitrogens with one attached hydrogen (secondary N) is 1. The maximum atomic E-state index is 12.6. The van der Waals surface area contributed by atoms with E-state index >= 15 is 0 Å². The fourth-order valence-electron chi connectivity index (χ4n) is 3.36. The quantitative estimate of drug-likeness (QED) is 0.897. The molecular weight excluding hydrogens is 334 g/mol. The van der Waals surface area contributed by atoms with Gasteiger partial charge in [-0.25, -0.2) is 4.98 Å². The number of carbonyl (C=O) groups is 2. The lowest BCUT2D eigenvalue weighted by Crippen LogP contribution is -2.46. The second-order valence-corrected chi connectivity index (χ2v) is 7.66. The molecule has 1 saturated carbocycles. The van der Waals surface area contributed by atoms with Crippen LogP contribution in [0.1, 0.15) is 30.6 Å². The maximum absolute atomic E-state index is 12.6. The monoisotopic (exact) mass is 355 g/mol. The molecule has 6 heteroatoms. The molecule has 2 amide bonds. The smallest absolute Gasteiger partial charge is 0.225 e. The Morgan fingerprint density at radius 1 is 1.24 bits per heavy atom. The van der Waals surface area contributed by atoms with Gasteiger partial charge >= 0.3 is 0 Å². The predicted molar refractivity (Wildman–Crippen MR) is 96.9 cm³/mol. The number of aromatic nitrogens is 1. The largest absolute Gasteiger partial charge is 0.351 e. The highest BCUT2D eigenvalue weighted by Crippen LogP contribution is 2.32. The van der Waals surface area contributed by atoms with E-state index in [2.05, 4.69) is 10.3 Å². The van der Waals surface area contributed by atoms with Gasteiger partial charge in [-0.1, -0.05) is 30.3 Å². The average Bonchev–Trinajstić information content (AvgIpc) is 3.38. The highest BCUT2D eigenvalue weighted by Gasteiger charge is 2.38. The number of benzene rings is 1. The summed E-state index contributed by atoms with van der Waals surface area (Å²) in [4.78, 5) is 32.0. The number of piperidine rings is 1. The van der Waals surface area contributed by atoms with Crippen molar-refractivity contribution in [3.05, 3.63) is 40.7 Å². The van der Waals surface area contributed by atoms with Crippen molar-refractivity contribution in [3.63, 3.8) is 0 Å². The van der Waals surface area contributed by atoms with Gasteiger partial charge in [-0.3, -0.25) is 9.59 Å². The van der Waals surface area contributed by atoms with Crippen molar-refractivity contribution in [3.8, 4) is 11.3 Å². The van der Waals surface area contributed by atoms with Crippen molar-refractivity contribution in [1.29, 1.82) is 0 Å². The number of hydrogen-bond acceptors (Lipinski definition) is 4. The van der Waals surface area contributed by atoms with Crippen LogP contribution in [0.2, 0.25) is 0 Å². The summed E-state index contributed by atoms with van der Waals surface area (Å²) in [7, 11) is 0. The summed E-state index contributed by atoms with van der Waals surface area (Å²) >= 11 is 1.56. The van der Waals surface area contributed by atoms with Gasteiger partial charge in [0.25, 0.3) is 0 Å². The molecule has 1 atom stereocenters. The molecule has 2 aliphatic rings. The van der Waals surface area contributed by atoms with E-state index in [4.69, 9.17) is 0 Å². The number of thiazole rings is 1. The molecule has 0 bridgehead atoms. The standard InChI is InChI=1S/C19H21N3O2S/c23-17-9-6-14(11-22(17)15-7-8-15)19(24)20-10-16-18(21-12-25-16)13-4-2-1-3-5-13/h1-5,12,14-15H,6-11H2,(H,20,24). The number of likely N-dealkylation sites (tertiary alicyclic amines) is 1. The summed E-state index contributed by atoms with van der Waals surface area (Å²) in [6.45, 7) is 1.06. The molecule has 130 valence electrons. The molecule has 1 aliphatic carbocycles. The summed E-state index contributed by atoms with van der Waals surface area (Å²) in [6.07, 6.45) is 3.31. The van der Waals surface area contributed by atoms with Crippen LogP contribution < -0.4 is 5.32 Å². The molecular formula is C19H21N3O2S. The Kier molecular flexibility index (Phi) is 4.53. The molecule has 1 saturated heterocycles. The van der Waals surface area contributed by atoms with E-state index in [0.29, 0.717) is 32.0 Å². The predicted octanol–water partition coefficient (Wildman–Crippen LogP) is 2.83. The topological polar surface area (TPSA) is 62.3 Å². The first-order chi connectivity index (χ1) is 12.2. The summed E-state index contributed by atoms with van der Waals surface area (Å²) in [6, 6.07) is 10.4. The van der Waals surface area contributed by atoms with Crippen LogP contribution in [-0.4, -0.2) is 34.3 Å². The molecule has 2 heterocycles. The third-order valence-corrected chi connectivity index (χ3v) is 5.75. The fraction of sp³-hybridized carbons (Fsp3) is 0.421. The van der Waals surface area contributed by atoms with E-state index in [1.165, 1.54) is 0 Å². The minimum absolute atomic E-state index is 0.0468. The lowest BCUT2D eigenvalue weighted by Gasteiger charge is -2.32. The summed E-state index contributed by atoms with van der Waals surface area (Å²) in [5, 5.41) is 3.05. The van der Waals surface area contributed by atoms with Gasteiger partial charge in [-0.2, -0.15) is 0 Å². The summed E-state index contributed by atoms with van der Waals surface area (Å²) in [5.41, 5.74) is 3.82. The number of nitrogens with zero attached hydrogens (tertiary/aromatic N) is 2. The SMILES string of the molecule is O=C(NCc1scnc1-c1ccccc1)C1CCC(=O)N(C2CC2)C1. The molecule has 0 spiro atoms. The maximum Gasteiger partial charge on any atom is 0.225 e. The second kappa shape index (κ2) is 6.96. The lowest BCUT2D eigenvalue weighted by molar-refractivity contribution is -0.138.